The summed E-state index contributed by atoms with van der Waals surface area (Å²) in [6.07, 6.45) is 2.58. The van der Waals surface area contributed by atoms with Crippen molar-refractivity contribution in [1.82, 2.24) is 15.5 Å². The Morgan fingerprint density at radius 2 is 2.00 bits per heavy atom. The molecule has 0 aromatic carbocycles. The predicted molar refractivity (Wildman–Crippen MR) is 70.5 cm³/mol. The van der Waals surface area contributed by atoms with E-state index in [1.165, 1.54) is 0 Å². The van der Waals surface area contributed by atoms with E-state index in [9.17, 15) is 14.4 Å². The molecule has 2 amide bonds. The molecule has 0 bridgehead atoms. The smallest absolute Gasteiger partial charge is 0.326 e. The Bertz CT molecular complexity index is 374. The molecular formula is C12H21N3O5. The number of likely N-dealkylation sites (N-methyl/N-ethyl adjacent to an activating group) is 1. The number of urea groups is 1. The van der Waals surface area contributed by atoms with Gasteiger partial charge in [-0.1, -0.05) is 6.42 Å². The van der Waals surface area contributed by atoms with E-state index in [2.05, 4.69) is 15.5 Å². The molecule has 0 aromatic heterocycles. The molecule has 1 aliphatic heterocycles. The summed E-state index contributed by atoms with van der Waals surface area (Å²) in [6, 6.07) is -1.84. The summed E-state index contributed by atoms with van der Waals surface area (Å²) >= 11 is 0. The van der Waals surface area contributed by atoms with Gasteiger partial charge in [-0.3, -0.25) is 4.79 Å². The molecule has 0 saturated carbocycles. The van der Waals surface area contributed by atoms with Crippen LogP contribution in [0.25, 0.3) is 0 Å². The summed E-state index contributed by atoms with van der Waals surface area (Å²) in [5, 5.41) is 22.1. The molecule has 2 atom stereocenters. The van der Waals surface area contributed by atoms with Crippen LogP contribution >= 0.6 is 0 Å². The van der Waals surface area contributed by atoms with Gasteiger partial charge in [-0.25, -0.2) is 9.59 Å². The van der Waals surface area contributed by atoms with Crippen molar-refractivity contribution in [3.05, 3.63) is 0 Å². The van der Waals surface area contributed by atoms with Crippen molar-refractivity contribution in [1.29, 1.82) is 0 Å². The highest BCUT2D eigenvalue weighted by molar-refractivity contribution is 5.86. The number of carboxylic acids is 2. The molecule has 0 radical (unpaired) electrons. The normalized spacial score (nSPS) is 20.9. The molecule has 20 heavy (non-hydrogen) atoms. The Kier molecular flexibility index (Phi) is 6.23. The van der Waals surface area contributed by atoms with Gasteiger partial charge in [-0.05, 0) is 26.4 Å². The van der Waals surface area contributed by atoms with Gasteiger partial charge in [0.1, 0.15) is 6.04 Å². The number of hydrogen-bond donors (Lipinski definition) is 4. The Hall–Kier alpha value is -1.83. The Morgan fingerprint density at radius 1 is 1.30 bits per heavy atom. The zero-order chi connectivity index (χ0) is 15.1. The first-order valence-corrected chi connectivity index (χ1v) is 6.59. The SMILES string of the molecule is CN1CCCCC1CNC(=O)NC(CC(=O)O)C(=O)O. The van der Waals surface area contributed by atoms with Crippen molar-refractivity contribution in [2.45, 2.75) is 37.8 Å². The fourth-order valence-electron chi connectivity index (χ4n) is 2.20. The second-order valence-corrected chi connectivity index (χ2v) is 4.97. The number of carboxylic acid groups (broad SMARTS) is 2. The number of rotatable bonds is 6. The maximum absolute atomic E-state index is 11.6. The van der Waals surface area contributed by atoms with Crippen molar-refractivity contribution in [2.24, 2.45) is 0 Å². The molecule has 4 N–H and O–H groups in total. The Balaban J connectivity index is 2.37. The van der Waals surface area contributed by atoms with Crippen LogP contribution in [0.1, 0.15) is 25.7 Å². The summed E-state index contributed by atoms with van der Waals surface area (Å²) in [5.41, 5.74) is 0. The highest BCUT2D eigenvalue weighted by Crippen LogP contribution is 2.13. The van der Waals surface area contributed by atoms with Crippen molar-refractivity contribution in [3.63, 3.8) is 0 Å². The molecular weight excluding hydrogens is 266 g/mol. The molecule has 0 aliphatic carbocycles. The van der Waals surface area contributed by atoms with Crippen molar-refractivity contribution in [3.8, 4) is 0 Å². The minimum Gasteiger partial charge on any atom is -0.481 e. The van der Waals surface area contributed by atoms with E-state index in [1.54, 1.807) is 0 Å². The molecule has 2 unspecified atom stereocenters. The van der Waals surface area contributed by atoms with Gasteiger partial charge >= 0.3 is 18.0 Å². The van der Waals surface area contributed by atoms with E-state index < -0.39 is 30.4 Å². The second kappa shape index (κ2) is 7.68. The first-order chi connectivity index (χ1) is 9.40. The van der Waals surface area contributed by atoms with Gasteiger partial charge in [0.05, 0.1) is 6.42 Å². The fourth-order valence-corrected chi connectivity index (χ4v) is 2.20. The zero-order valence-corrected chi connectivity index (χ0v) is 11.5. The number of piperidine rings is 1. The second-order valence-electron chi connectivity index (χ2n) is 4.97. The van der Waals surface area contributed by atoms with Gasteiger partial charge < -0.3 is 25.7 Å². The number of carbonyl (C=O) groups is 3. The molecule has 8 nitrogen and oxygen atoms in total. The van der Waals surface area contributed by atoms with Crippen LogP contribution in [0.2, 0.25) is 0 Å². The average Bonchev–Trinajstić information content (AvgIpc) is 2.36. The number of nitrogens with one attached hydrogen (secondary N) is 2. The van der Waals surface area contributed by atoms with Crippen molar-refractivity contribution >= 4 is 18.0 Å². The first-order valence-electron chi connectivity index (χ1n) is 6.59. The van der Waals surface area contributed by atoms with Gasteiger partial charge in [-0.15, -0.1) is 0 Å². The topological polar surface area (TPSA) is 119 Å². The molecule has 1 saturated heterocycles. The summed E-state index contributed by atoms with van der Waals surface area (Å²) in [6.45, 7) is 1.40. The van der Waals surface area contributed by atoms with Crippen molar-refractivity contribution < 1.29 is 24.6 Å². The van der Waals surface area contributed by atoms with E-state index in [4.69, 9.17) is 10.2 Å². The Labute approximate surface area is 117 Å². The van der Waals surface area contributed by atoms with Gasteiger partial charge in [-0.2, -0.15) is 0 Å². The maximum atomic E-state index is 11.6. The minimum absolute atomic E-state index is 0.234. The highest BCUT2D eigenvalue weighted by Gasteiger charge is 2.24. The van der Waals surface area contributed by atoms with E-state index in [1.807, 2.05) is 7.05 Å². The fraction of sp³-hybridized carbons (Fsp3) is 0.750. The third-order valence-corrected chi connectivity index (χ3v) is 3.40. The number of carbonyl (C=O) groups excluding carboxylic acids is 1. The molecule has 8 heteroatoms. The number of nitrogens with zero attached hydrogens (tertiary/aromatic N) is 1. The van der Waals surface area contributed by atoms with Crippen LogP contribution in [0.5, 0.6) is 0 Å². The van der Waals surface area contributed by atoms with Crippen LogP contribution in [0.3, 0.4) is 0 Å². The molecule has 1 rings (SSSR count). The number of likely N-dealkylation sites (tertiary alicyclic amines) is 1. The molecule has 1 heterocycles. The van der Waals surface area contributed by atoms with E-state index >= 15 is 0 Å². The molecule has 1 fully saturated rings. The number of hydrogen-bond acceptors (Lipinski definition) is 4. The lowest BCUT2D eigenvalue weighted by Gasteiger charge is -2.32. The predicted octanol–water partition coefficient (Wildman–Crippen LogP) is -0.302. The van der Waals surface area contributed by atoms with E-state index in [-0.39, 0.29) is 6.04 Å². The van der Waals surface area contributed by atoms with Crippen LogP contribution in [0.15, 0.2) is 0 Å². The van der Waals surface area contributed by atoms with Gasteiger partial charge in [0.2, 0.25) is 0 Å². The van der Waals surface area contributed by atoms with Crippen LogP contribution in [-0.4, -0.2) is 65.3 Å². The lowest BCUT2D eigenvalue weighted by molar-refractivity contribution is -0.145. The third kappa shape index (κ3) is 5.43. The number of amides is 2. The third-order valence-electron chi connectivity index (χ3n) is 3.40. The van der Waals surface area contributed by atoms with Crippen LogP contribution in [-0.2, 0) is 9.59 Å². The van der Waals surface area contributed by atoms with Crippen molar-refractivity contribution in [2.75, 3.05) is 20.1 Å². The average molecular weight is 287 g/mol. The highest BCUT2D eigenvalue weighted by atomic mass is 16.4. The summed E-state index contributed by atoms with van der Waals surface area (Å²) in [5.74, 6) is -2.64. The zero-order valence-electron chi connectivity index (χ0n) is 11.5. The number of aliphatic carboxylic acids is 2. The molecule has 0 spiro atoms. The summed E-state index contributed by atoms with van der Waals surface area (Å²) < 4.78 is 0. The molecule has 1 aliphatic rings. The maximum Gasteiger partial charge on any atom is 0.326 e. The summed E-state index contributed by atoms with van der Waals surface area (Å²) in [4.78, 5) is 35.1. The lowest BCUT2D eigenvalue weighted by Crippen LogP contribution is -2.51. The molecule has 0 aromatic rings. The molecule has 114 valence electrons. The minimum atomic E-state index is -1.42. The quantitative estimate of drug-likeness (QED) is 0.532. The van der Waals surface area contributed by atoms with Gasteiger partial charge in [0.25, 0.3) is 0 Å². The lowest BCUT2D eigenvalue weighted by atomic mass is 10.0. The van der Waals surface area contributed by atoms with Crippen LogP contribution in [0, 0.1) is 0 Å². The monoisotopic (exact) mass is 287 g/mol. The van der Waals surface area contributed by atoms with Gasteiger partial charge in [0, 0.05) is 12.6 Å². The van der Waals surface area contributed by atoms with Gasteiger partial charge in [0.15, 0.2) is 0 Å². The van der Waals surface area contributed by atoms with Crippen LogP contribution < -0.4 is 10.6 Å². The van der Waals surface area contributed by atoms with E-state index in [0.717, 1.165) is 25.8 Å². The van der Waals surface area contributed by atoms with E-state index in [0.29, 0.717) is 6.54 Å². The Morgan fingerprint density at radius 3 is 2.55 bits per heavy atom. The summed E-state index contributed by atoms with van der Waals surface area (Å²) in [7, 11) is 1.98. The van der Waals surface area contributed by atoms with Crippen LogP contribution in [0.4, 0.5) is 4.79 Å². The standard InChI is InChI=1S/C12H21N3O5/c1-15-5-3-2-4-8(15)7-13-12(20)14-9(11(18)19)6-10(16)17/h8-9H,2-7H2,1H3,(H,16,17)(H,18,19)(H2,13,14,20). The largest absolute Gasteiger partial charge is 0.481 e. The first kappa shape index (κ1) is 16.2.